The number of aryl methyl sites for hydroxylation is 4. The quantitative estimate of drug-likeness (QED) is 0.237. The molecule has 0 aliphatic carbocycles. The maximum absolute atomic E-state index is 2.33. The van der Waals surface area contributed by atoms with Gasteiger partial charge in [0.15, 0.2) is 6.20 Å². The second-order valence-corrected chi connectivity index (χ2v) is 10.2. The number of rotatable bonds is 2. The van der Waals surface area contributed by atoms with Gasteiger partial charge in [0, 0.05) is 21.5 Å². The molecule has 0 aliphatic heterocycles. The van der Waals surface area contributed by atoms with Gasteiger partial charge in [-0.25, -0.2) is 0 Å². The van der Waals surface area contributed by atoms with E-state index in [9.17, 15) is 0 Å². The van der Waals surface area contributed by atoms with E-state index in [4.69, 9.17) is 0 Å². The molecule has 2 aromatic heterocycles. The predicted octanol–water partition coefficient (Wildman–Crippen LogP) is 8.29. The Kier molecular flexibility index (Phi) is 4.60. The van der Waals surface area contributed by atoms with Gasteiger partial charge in [-0.05, 0) is 66.4 Å². The summed E-state index contributed by atoms with van der Waals surface area (Å²) in [4.78, 5) is 0. The normalized spacial score (nSPS) is 11.6. The first-order valence-electron chi connectivity index (χ1n) is 11.4. The van der Waals surface area contributed by atoms with Crippen LogP contribution in [0.25, 0.3) is 53.3 Å². The smallest absolute Gasteiger partial charge is 0.200 e. The summed E-state index contributed by atoms with van der Waals surface area (Å²) in [6, 6.07) is 29.3. The van der Waals surface area contributed by atoms with Crippen molar-refractivity contribution in [2.24, 2.45) is 7.05 Å². The van der Waals surface area contributed by atoms with Gasteiger partial charge in [-0.3, -0.25) is 0 Å². The molecule has 0 atom stereocenters. The van der Waals surface area contributed by atoms with Crippen LogP contribution in [0.15, 0.2) is 85.1 Å². The molecule has 0 spiro atoms. The highest BCUT2D eigenvalue weighted by molar-refractivity contribution is 7.26. The van der Waals surface area contributed by atoms with Crippen molar-refractivity contribution in [1.82, 2.24) is 0 Å². The molecule has 160 valence electrons. The van der Waals surface area contributed by atoms with Crippen LogP contribution in [0.3, 0.4) is 0 Å². The number of hydrogen-bond acceptors (Lipinski definition) is 1. The number of nitrogens with zero attached hydrogens (tertiary/aromatic N) is 1. The monoisotopic (exact) mass is 444 g/mol. The third kappa shape index (κ3) is 3.25. The molecule has 2 heterocycles. The van der Waals surface area contributed by atoms with Crippen molar-refractivity contribution in [3.8, 4) is 22.4 Å². The molecule has 6 aromatic rings. The number of thiophene rings is 1. The first kappa shape index (κ1) is 20.1. The molecular formula is C31H26NS+. The Morgan fingerprint density at radius 3 is 2.21 bits per heavy atom. The number of aromatic nitrogens is 1. The van der Waals surface area contributed by atoms with Gasteiger partial charge in [0.05, 0.1) is 5.56 Å². The van der Waals surface area contributed by atoms with Gasteiger partial charge in [0.1, 0.15) is 11.7 Å². The lowest BCUT2D eigenvalue weighted by atomic mass is 9.97. The van der Waals surface area contributed by atoms with Gasteiger partial charge in [-0.1, -0.05) is 65.7 Å². The molecule has 1 nitrogen and oxygen atoms in total. The number of benzene rings is 4. The Hall–Kier alpha value is -3.49. The van der Waals surface area contributed by atoms with Crippen molar-refractivity contribution < 1.29 is 4.57 Å². The van der Waals surface area contributed by atoms with E-state index >= 15 is 0 Å². The van der Waals surface area contributed by atoms with Crippen LogP contribution in [-0.2, 0) is 7.05 Å². The summed E-state index contributed by atoms with van der Waals surface area (Å²) in [5, 5.41) is 5.34. The average molecular weight is 445 g/mol. The Morgan fingerprint density at radius 2 is 1.42 bits per heavy atom. The Balaban J connectivity index is 1.62. The topological polar surface area (TPSA) is 3.88 Å². The number of pyridine rings is 1. The first-order chi connectivity index (χ1) is 16.0. The van der Waals surface area contributed by atoms with Crippen molar-refractivity contribution in [3.63, 3.8) is 0 Å². The summed E-state index contributed by atoms with van der Waals surface area (Å²) in [7, 11) is 2.16. The van der Waals surface area contributed by atoms with Crippen LogP contribution < -0.4 is 4.57 Å². The van der Waals surface area contributed by atoms with Crippen LogP contribution in [0.5, 0.6) is 0 Å². The van der Waals surface area contributed by atoms with E-state index in [-0.39, 0.29) is 0 Å². The van der Waals surface area contributed by atoms with Crippen molar-refractivity contribution in [1.29, 1.82) is 0 Å². The van der Waals surface area contributed by atoms with Gasteiger partial charge in [-0.15, -0.1) is 11.3 Å². The van der Waals surface area contributed by atoms with Crippen molar-refractivity contribution in [3.05, 3.63) is 102 Å². The zero-order chi connectivity index (χ0) is 22.7. The van der Waals surface area contributed by atoms with Crippen LogP contribution in [-0.4, -0.2) is 0 Å². The minimum atomic E-state index is 1.27. The molecule has 6 rings (SSSR count). The van der Waals surface area contributed by atoms with Crippen LogP contribution in [0.2, 0.25) is 0 Å². The van der Waals surface area contributed by atoms with Crippen LogP contribution in [0, 0.1) is 20.8 Å². The minimum absolute atomic E-state index is 1.27. The fourth-order valence-corrected chi connectivity index (χ4v) is 6.33. The number of fused-ring (bicyclic) bond motifs is 5. The van der Waals surface area contributed by atoms with E-state index in [1.807, 2.05) is 11.3 Å². The molecule has 2 heteroatoms. The fraction of sp³-hybridized carbons (Fsp3) is 0.129. The van der Waals surface area contributed by atoms with Crippen molar-refractivity contribution >= 4 is 42.3 Å². The Bertz CT molecular complexity index is 1690. The third-order valence-electron chi connectivity index (χ3n) is 6.76. The standard InChI is InChI=1S/C31H26NS/c1-19-5-8-22(9-6-19)23-10-13-26-24(18-23)11-14-28-29(26)27-15-16-32(4)30(31(27)33-28)25-12-7-20(2)17-21(25)3/h5-18H,1-4H3/q+1. The van der Waals surface area contributed by atoms with Crippen molar-refractivity contribution in [2.45, 2.75) is 20.8 Å². The molecule has 33 heavy (non-hydrogen) atoms. The van der Waals surface area contributed by atoms with Gasteiger partial charge in [0.25, 0.3) is 0 Å². The summed E-state index contributed by atoms with van der Waals surface area (Å²) >= 11 is 1.91. The maximum Gasteiger partial charge on any atom is 0.230 e. The maximum atomic E-state index is 2.33. The fourth-order valence-electron chi connectivity index (χ4n) is 5.02. The largest absolute Gasteiger partial charge is 0.230 e. The molecule has 0 N–H and O–H groups in total. The first-order valence-corrected chi connectivity index (χ1v) is 12.2. The Labute approximate surface area is 198 Å². The molecular weight excluding hydrogens is 418 g/mol. The van der Waals surface area contributed by atoms with Gasteiger partial charge >= 0.3 is 0 Å². The van der Waals surface area contributed by atoms with E-state index in [2.05, 4.69) is 117 Å². The lowest BCUT2D eigenvalue weighted by Crippen LogP contribution is -2.30. The summed E-state index contributed by atoms with van der Waals surface area (Å²) in [6.07, 6.45) is 2.21. The molecule has 0 amide bonds. The highest BCUT2D eigenvalue weighted by atomic mass is 32.1. The molecule has 0 aliphatic rings. The summed E-state index contributed by atoms with van der Waals surface area (Å²) in [5.74, 6) is 0. The molecule has 0 bridgehead atoms. The van der Waals surface area contributed by atoms with Gasteiger partial charge in [-0.2, -0.15) is 4.57 Å². The SMILES string of the molecule is Cc1ccc(-c2ccc3c(ccc4sc5c(-c6ccc(C)cc6C)[n+](C)ccc5c43)c2)cc1. The van der Waals surface area contributed by atoms with E-state index in [1.54, 1.807) is 0 Å². The Morgan fingerprint density at radius 1 is 0.667 bits per heavy atom. The highest BCUT2D eigenvalue weighted by Crippen LogP contribution is 2.42. The third-order valence-corrected chi connectivity index (χ3v) is 7.94. The van der Waals surface area contributed by atoms with Crippen LogP contribution in [0.4, 0.5) is 0 Å². The van der Waals surface area contributed by atoms with E-state index in [1.165, 1.54) is 70.0 Å². The predicted molar refractivity (Wildman–Crippen MR) is 143 cm³/mol. The summed E-state index contributed by atoms with van der Waals surface area (Å²) < 4.78 is 4.97. The van der Waals surface area contributed by atoms with E-state index in [0.29, 0.717) is 0 Å². The van der Waals surface area contributed by atoms with Gasteiger partial charge in [0.2, 0.25) is 5.69 Å². The minimum Gasteiger partial charge on any atom is -0.200 e. The lowest BCUT2D eigenvalue weighted by molar-refractivity contribution is -0.659. The average Bonchev–Trinajstić information content (AvgIpc) is 3.19. The molecule has 0 radical (unpaired) electrons. The van der Waals surface area contributed by atoms with Crippen LogP contribution >= 0.6 is 11.3 Å². The summed E-state index contributed by atoms with van der Waals surface area (Å²) in [6.45, 7) is 6.51. The van der Waals surface area contributed by atoms with Crippen LogP contribution in [0.1, 0.15) is 16.7 Å². The summed E-state index contributed by atoms with van der Waals surface area (Å²) in [5.41, 5.74) is 9.06. The van der Waals surface area contributed by atoms with Gasteiger partial charge < -0.3 is 0 Å². The lowest BCUT2D eigenvalue weighted by Gasteiger charge is -2.07. The van der Waals surface area contributed by atoms with E-state index in [0.717, 1.165) is 0 Å². The molecule has 4 aromatic carbocycles. The second kappa shape index (κ2) is 7.54. The van der Waals surface area contributed by atoms with E-state index < -0.39 is 0 Å². The highest BCUT2D eigenvalue weighted by Gasteiger charge is 2.21. The second-order valence-electron chi connectivity index (χ2n) is 9.18. The molecule has 0 saturated carbocycles. The number of hydrogen-bond donors (Lipinski definition) is 0. The molecule has 0 unspecified atom stereocenters. The van der Waals surface area contributed by atoms with Crippen molar-refractivity contribution in [2.75, 3.05) is 0 Å². The zero-order valence-electron chi connectivity index (χ0n) is 19.4. The molecule has 0 saturated heterocycles. The zero-order valence-corrected chi connectivity index (χ0v) is 20.3. The molecule has 0 fully saturated rings.